The summed E-state index contributed by atoms with van der Waals surface area (Å²) in [6, 6.07) is 25.4. The lowest BCUT2D eigenvalue weighted by molar-refractivity contribution is -0.0916. The molecule has 3 aromatic carbocycles. The molecule has 238 valence electrons. The van der Waals surface area contributed by atoms with Crippen molar-refractivity contribution in [2.24, 2.45) is 0 Å². The maximum absolute atomic E-state index is 12.8. The smallest absolute Gasteiger partial charge is 0.330 e. The summed E-state index contributed by atoms with van der Waals surface area (Å²) >= 11 is 5.62. The lowest BCUT2D eigenvalue weighted by Crippen LogP contribution is -2.38. The van der Waals surface area contributed by atoms with E-state index in [1.54, 1.807) is 27.8 Å². The highest BCUT2D eigenvalue weighted by molar-refractivity contribution is 8.09. The average molecular weight is 653 g/mol. The summed E-state index contributed by atoms with van der Waals surface area (Å²) in [4.78, 5) is 27.2. The molecule has 0 bridgehead atoms. The van der Waals surface area contributed by atoms with Crippen LogP contribution in [-0.2, 0) is 35.9 Å². The first-order valence-corrected chi connectivity index (χ1v) is 17.5. The molecular formula is C33H37N2O8PS. The molecular weight excluding hydrogens is 615 g/mol. The minimum absolute atomic E-state index is 0.0598. The molecule has 1 aromatic heterocycles. The lowest BCUT2D eigenvalue weighted by Gasteiger charge is -2.37. The van der Waals surface area contributed by atoms with Crippen LogP contribution >= 0.6 is 6.49 Å². The van der Waals surface area contributed by atoms with Crippen molar-refractivity contribution >= 4 is 18.3 Å². The van der Waals surface area contributed by atoms with Gasteiger partial charge in [0.05, 0.1) is 26.9 Å². The maximum Gasteiger partial charge on any atom is 0.330 e. The number of rotatable bonds is 12. The molecule has 4 atom stereocenters. The molecule has 4 aromatic rings. The second kappa shape index (κ2) is 13.8. The van der Waals surface area contributed by atoms with Crippen LogP contribution in [-0.4, -0.2) is 56.4 Å². The molecule has 1 aliphatic rings. The third kappa shape index (κ3) is 6.99. The van der Waals surface area contributed by atoms with Crippen LogP contribution in [0.15, 0.2) is 94.6 Å². The van der Waals surface area contributed by atoms with E-state index in [-0.39, 0.29) is 6.61 Å². The molecule has 0 unspecified atom stereocenters. The van der Waals surface area contributed by atoms with Crippen LogP contribution in [0.1, 0.15) is 34.9 Å². The molecule has 0 spiro atoms. The Morgan fingerprint density at radius 2 is 1.47 bits per heavy atom. The summed E-state index contributed by atoms with van der Waals surface area (Å²) in [6.07, 6.45) is -0.158. The molecule has 1 saturated heterocycles. The summed E-state index contributed by atoms with van der Waals surface area (Å²) in [7, 11) is 4.76. The van der Waals surface area contributed by atoms with Crippen LogP contribution in [0.2, 0.25) is 0 Å². The van der Waals surface area contributed by atoms with Crippen molar-refractivity contribution in [2.45, 2.75) is 37.4 Å². The van der Waals surface area contributed by atoms with Gasteiger partial charge in [-0.25, -0.2) is 4.79 Å². The number of methoxy groups -OCH3 is 2. The molecule has 0 saturated carbocycles. The predicted molar refractivity (Wildman–Crippen MR) is 175 cm³/mol. The topological polar surface area (TPSA) is 110 Å². The largest absolute Gasteiger partial charge is 0.497 e. The Hall–Kier alpha value is -3.57. The Morgan fingerprint density at radius 1 is 0.911 bits per heavy atom. The molecule has 1 N–H and O–H groups in total. The van der Waals surface area contributed by atoms with E-state index in [9.17, 15) is 9.59 Å². The Labute approximate surface area is 267 Å². The van der Waals surface area contributed by atoms with Gasteiger partial charge < -0.3 is 28.0 Å². The lowest BCUT2D eigenvalue weighted by atomic mass is 9.80. The van der Waals surface area contributed by atoms with Gasteiger partial charge in [0.25, 0.3) is 5.56 Å². The molecule has 12 heteroatoms. The fourth-order valence-corrected chi connectivity index (χ4v) is 6.63. The number of hydrogen-bond donors (Lipinski definition) is 1. The Balaban J connectivity index is 1.59. The summed E-state index contributed by atoms with van der Waals surface area (Å²) in [5.74, 6) is 1.42. The van der Waals surface area contributed by atoms with Crippen molar-refractivity contribution < 1.29 is 28.0 Å². The average Bonchev–Trinajstić information content (AvgIpc) is 3.45. The number of nitrogens with one attached hydrogen (secondary N) is 1. The zero-order chi connectivity index (χ0) is 32.2. The molecule has 2 heterocycles. The van der Waals surface area contributed by atoms with Gasteiger partial charge in [-0.3, -0.25) is 14.3 Å². The van der Waals surface area contributed by atoms with Gasteiger partial charge in [-0.1, -0.05) is 54.6 Å². The second-order valence-electron chi connectivity index (χ2n) is 10.8. The van der Waals surface area contributed by atoms with Crippen LogP contribution < -0.4 is 20.7 Å². The Bertz CT molecular complexity index is 1710. The van der Waals surface area contributed by atoms with E-state index < -0.39 is 41.8 Å². The monoisotopic (exact) mass is 652 g/mol. The summed E-state index contributed by atoms with van der Waals surface area (Å²) in [5.41, 5.74) is 0.872. The fourth-order valence-electron chi connectivity index (χ4n) is 5.50. The third-order valence-corrected chi connectivity index (χ3v) is 9.96. The molecule has 1 fully saturated rings. The van der Waals surface area contributed by atoms with Gasteiger partial charge in [0.15, 0.2) is 6.49 Å². The summed E-state index contributed by atoms with van der Waals surface area (Å²) in [5, 5.41) is 0. The van der Waals surface area contributed by atoms with E-state index in [4.69, 9.17) is 39.8 Å². The van der Waals surface area contributed by atoms with Gasteiger partial charge in [0, 0.05) is 32.0 Å². The van der Waals surface area contributed by atoms with E-state index in [1.807, 2.05) is 78.9 Å². The SMILES string of the molecule is COc1ccc(C(OC[C@H]2O[C@@H](n3cc(C)c(=O)[nH]c3=O)C[C@@H]2O[P@@](C)(=S)OC)(c2ccccc2)c2ccc(OC)cc2)cc1. The van der Waals surface area contributed by atoms with Crippen molar-refractivity contribution in [1.29, 1.82) is 0 Å². The standard InChI is InChI=1S/C33H37N2O8PS/c1-22-20-35(32(37)34-31(22)36)30-19-28(43-44(5,45)40-4)29(42-30)21-41-33(23-9-7-6-8-10-23,24-11-15-26(38-2)16-12-24)25-13-17-27(39-3)18-14-25/h6-18,20,28-30H,19,21H2,1-5H3,(H,34,36,37)/t28-,29+,30+,44-/m0/s1. The minimum atomic E-state index is -2.64. The molecule has 45 heavy (non-hydrogen) atoms. The van der Waals surface area contributed by atoms with Crippen LogP contribution in [0.4, 0.5) is 0 Å². The first kappa shape index (κ1) is 32.8. The number of aromatic nitrogens is 2. The van der Waals surface area contributed by atoms with Gasteiger partial charge in [-0.15, -0.1) is 0 Å². The first-order valence-electron chi connectivity index (χ1n) is 14.4. The number of nitrogens with zero attached hydrogens (tertiary/aromatic N) is 1. The highest BCUT2D eigenvalue weighted by atomic mass is 32.5. The molecule has 0 radical (unpaired) electrons. The number of H-pyrrole nitrogens is 1. The Kier molecular flexibility index (Phi) is 10.1. The molecule has 10 nitrogen and oxygen atoms in total. The van der Waals surface area contributed by atoms with Gasteiger partial charge >= 0.3 is 5.69 Å². The van der Waals surface area contributed by atoms with Gasteiger partial charge in [-0.2, -0.15) is 0 Å². The zero-order valence-electron chi connectivity index (χ0n) is 25.8. The minimum Gasteiger partial charge on any atom is -0.497 e. The first-order chi connectivity index (χ1) is 21.6. The number of hydrogen-bond acceptors (Lipinski definition) is 9. The normalized spacial score (nSPS) is 19.6. The zero-order valence-corrected chi connectivity index (χ0v) is 27.5. The van der Waals surface area contributed by atoms with Gasteiger partial charge in [-0.05, 0) is 59.7 Å². The maximum atomic E-state index is 12.8. The summed E-state index contributed by atoms with van der Waals surface area (Å²) in [6.45, 7) is 0.795. The Morgan fingerprint density at radius 3 is 2.00 bits per heavy atom. The van der Waals surface area contributed by atoms with Crippen molar-refractivity contribution in [1.82, 2.24) is 9.55 Å². The van der Waals surface area contributed by atoms with Gasteiger partial charge in [0.2, 0.25) is 0 Å². The van der Waals surface area contributed by atoms with E-state index in [2.05, 4.69) is 4.98 Å². The summed E-state index contributed by atoms with van der Waals surface area (Å²) < 4.78 is 37.6. The van der Waals surface area contributed by atoms with Crippen LogP contribution in [0.3, 0.4) is 0 Å². The van der Waals surface area contributed by atoms with Crippen molar-refractivity contribution in [2.75, 3.05) is 34.6 Å². The highest BCUT2D eigenvalue weighted by Gasteiger charge is 2.44. The number of aryl methyl sites for hydroxylation is 1. The second-order valence-corrected chi connectivity index (χ2v) is 14.9. The van der Waals surface area contributed by atoms with E-state index in [1.165, 1.54) is 17.9 Å². The molecule has 5 rings (SSSR count). The van der Waals surface area contributed by atoms with Crippen LogP contribution in [0.5, 0.6) is 11.5 Å². The van der Waals surface area contributed by atoms with E-state index in [0.29, 0.717) is 23.5 Å². The third-order valence-electron chi connectivity index (χ3n) is 7.93. The number of aromatic amines is 1. The van der Waals surface area contributed by atoms with Crippen LogP contribution in [0.25, 0.3) is 0 Å². The van der Waals surface area contributed by atoms with E-state index >= 15 is 0 Å². The van der Waals surface area contributed by atoms with Crippen LogP contribution in [0, 0.1) is 6.92 Å². The van der Waals surface area contributed by atoms with E-state index in [0.717, 1.165) is 16.7 Å². The number of benzene rings is 3. The molecule has 0 amide bonds. The molecule has 0 aliphatic carbocycles. The predicted octanol–water partition coefficient (Wildman–Crippen LogP) is 5.13. The van der Waals surface area contributed by atoms with Crippen molar-refractivity contribution in [3.8, 4) is 11.5 Å². The van der Waals surface area contributed by atoms with Crippen molar-refractivity contribution in [3.63, 3.8) is 0 Å². The molecule has 1 aliphatic heterocycles. The number of ether oxygens (including phenoxy) is 4. The fraction of sp³-hybridized carbons (Fsp3) is 0.333. The van der Waals surface area contributed by atoms with Gasteiger partial charge in [0.1, 0.15) is 29.4 Å². The quantitative estimate of drug-likeness (QED) is 0.165. The van der Waals surface area contributed by atoms with Crippen molar-refractivity contribution in [3.05, 3.63) is 128 Å². The highest BCUT2D eigenvalue weighted by Crippen LogP contribution is 2.49.